The minimum absolute atomic E-state index is 0. The van der Waals surface area contributed by atoms with Crippen LogP contribution in [0.5, 0.6) is 0 Å². The molecule has 0 spiro atoms. The quantitative estimate of drug-likeness (QED) is 0.528. The number of imidazole rings is 1. The van der Waals surface area contributed by atoms with Gasteiger partial charge in [0, 0.05) is 17.7 Å². The fraction of sp³-hybridized carbons (Fsp3) is 0.0714. The Morgan fingerprint density at radius 1 is 1.10 bits per heavy atom. The van der Waals surface area contributed by atoms with Gasteiger partial charge in [-0.15, -0.1) is 0 Å². The second-order valence-electron chi connectivity index (χ2n) is 4.17. The highest BCUT2D eigenvalue weighted by Gasteiger charge is 2.10. The summed E-state index contributed by atoms with van der Waals surface area (Å²) < 4.78 is 0. The Hall–Kier alpha value is -2.11. The molecular formula is C14H11Cl2N3O2. The van der Waals surface area contributed by atoms with Gasteiger partial charge in [0.25, 0.3) is 5.69 Å². The van der Waals surface area contributed by atoms with Crippen LogP contribution in [0.3, 0.4) is 0 Å². The third-order valence-electron chi connectivity index (χ3n) is 2.88. The number of hydrogen-bond donors (Lipinski definition) is 1. The number of aromatic nitrogens is 2. The number of nitro groups is 1. The summed E-state index contributed by atoms with van der Waals surface area (Å²) in [5, 5.41) is 11.5. The van der Waals surface area contributed by atoms with E-state index in [4.69, 9.17) is 23.2 Å². The highest BCUT2D eigenvalue weighted by atomic mass is 35.5. The number of nitrogens with zero attached hydrogens (tertiary/aromatic N) is 2. The van der Waals surface area contributed by atoms with E-state index < -0.39 is 4.92 Å². The predicted octanol–water partition coefficient (Wildman–Crippen LogP) is 5.08. The SMILES string of the molecule is C.O=[N+]([O-])c1ccc(-c2nc3cc(Cl)c(Cl)cc3[nH]2)cc1. The van der Waals surface area contributed by atoms with Crippen molar-refractivity contribution in [3.05, 3.63) is 56.6 Å². The summed E-state index contributed by atoms with van der Waals surface area (Å²) in [6.45, 7) is 0. The van der Waals surface area contributed by atoms with E-state index in [2.05, 4.69) is 9.97 Å². The van der Waals surface area contributed by atoms with E-state index in [0.29, 0.717) is 21.4 Å². The summed E-state index contributed by atoms with van der Waals surface area (Å²) >= 11 is 11.9. The lowest BCUT2D eigenvalue weighted by Gasteiger charge is -1.95. The van der Waals surface area contributed by atoms with Crippen LogP contribution in [0.4, 0.5) is 5.69 Å². The van der Waals surface area contributed by atoms with E-state index >= 15 is 0 Å². The smallest absolute Gasteiger partial charge is 0.269 e. The maximum absolute atomic E-state index is 10.6. The second kappa shape index (κ2) is 5.71. The molecule has 0 radical (unpaired) electrons. The Morgan fingerprint density at radius 2 is 1.71 bits per heavy atom. The lowest BCUT2D eigenvalue weighted by molar-refractivity contribution is -0.384. The number of benzene rings is 2. The number of hydrogen-bond acceptors (Lipinski definition) is 3. The first-order valence-corrected chi connectivity index (χ1v) is 6.40. The summed E-state index contributed by atoms with van der Waals surface area (Å²) in [5.41, 5.74) is 2.23. The number of aromatic amines is 1. The van der Waals surface area contributed by atoms with Gasteiger partial charge in [-0.25, -0.2) is 4.98 Å². The molecule has 2 aromatic carbocycles. The number of halogens is 2. The number of non-ortho nitro benzene ring substituents is 1. The van der Waals surface area contributed by atoms with Crippen LogP contribution in [0.15, 0.2) is 36.4 Å². The van der Waals surface area contributed by atoms with E-state index in [-0.39, 0.29) is 13.1 Å². The van der Waals surface area contributed by atoms with Crippen LogP contribution in [-0.2, 0) is 0 Å². The number of nitro benzene ring substituents is 1. The van der Waals surface area contributed by atoms with E-state index in [1.165, 1.54) is 12.1 Å². The molecule has 0 aliphatic rings. The van der Waals surface area contributed by atoms with Crippen LogP contribution < -0.4 is 0 Å². The Labute approximate surface area is 130 Å². The van der Waals surface area contributed by atoms with Gasteiger partial charge in [0.2, 0.25) is 0 Å². The molecule has 3 rings (SSSR count). The zero-order valence-electron chi connectivity index (χ0n) is 9.93. The van der Waals surface area contributed by atoms with Gasteiger partial charge in [-0.1, -0.05) is 30.6 Å². The van der Waals surface area contributed by atoms with E-state index in [1.807, 2.05) is 0 Å². The average Bonchev–Trinajstić information content (AvgIpc) is 2.82. The van der Waals surface area contributed by atoms with Gasteiger partial charge in [-0.2, -0.15) is 0 Å². The first kappa shape index (κ1) is 15.3. The molecule has 0 atom stereocenters. The monoisotopic (exact) mass is 323 g/mol. The van der Waals surface area contributed by atoms with Crippen molar-refractivity contribution in [2.45, 2.75) is 7.43 Å². The van der Waals surface area contributed by atoms with E-state index in [9.17, 15) is 10.1 Å². The first-order valence-electron chi connectivity index (χ1n) is 5.64. The fourth-order valence-corrected chi connectivity index (χ4v) is 2.20. The zero-order valence-corrected chi connectivity index (χ0v) is 11.4. The molecule has 1 heterocycles. The molecule has 1 aromatic heterocycles. The maximum atomic E-state index is 10.6. The topological polar surface area (TPSA) is 71.8 Å². The van der Waals surface area contributed by atoms with Gasteiger partial charge in [0.15, 0.2) is 0 Å². The van der Waals surface area contributed by atoms with Crippen LogP contribution in [0.2, 0.25) is 10.0 Å². The normalized spacial score (nSPS) is 10.4. The summed E-state index contributed by atoms with van der Waals surface area (Å²) in [6, 6.07) is 9.51. The molecule has 21 heavy (non-hydrogen) atoms. The van der Waals surface area contributed by atoms with Gasteiger partial charge in [0.05, 0.1) is 26.0 Å². The van der Waals surface area contributed by atoms with Crippen molar-refractivity contribution < 1.29 is 4.92 Å². The standard InChI is InChI=1S/C13H7Cl2N3O2.CH4/c14-9-5-11-12(6-10(9)15)17-13(16-11)7-1-3-8(4-2-7)18(19)20;/h1-6H,(H,16,17);1H4. The van der Waals surface area contributed by atoms with Crippen LogP contribution in [0.1, 0.15) is 7.43 Å². The highest BCUT2D eigenvalue weighted by Crippen LogP contribution is 2.29. The summed E-state index contributed by atoms with van der Waals surface area (Å²) in [7, 11) is 0. The number of nitrogens with one attached hydrogen (secondary N) is 1. The Bertz CT molecular complexity index is 774. The van der Waals surface area contributed by atoms with Gasteiger partial charge >= 0.3 is 0 Å². The molecule has 0 fully saturated rings. The molecular weight excluding hydrogens is 313 g/mol. The van der Waals surface area contributed by atoms with Gasteiger partial charge < -0.3 is 4.98 Å². The molecule has 3 aromatic rings. The molecule has 0 bridgehead atoms. The van der Waals surface area contributed by atoms with Crippen LogP contribution >= 0.6 is 23.2 Å². The van der Waals surface area contributed by atoms with Crippen molar-refractivity contribution in [3.8, 4) is 11.4 Å². The fourth-order valence-electron chi connectivity index (χ4n) is 1.88. The lowest BCUT2D eigenvalue weighted by atomic mass is 10.2. The molecule has 5 nitrogen and oxygen atoms in total. The Morgan fingerprint density at radius 3 is 2.33 bits per heavy atom. The van der Waals surface area contributed by atoms with Gasteiger partial charge in [-0.05, 0) is 24.3 Å². The molecule has 108 valence electrons. The maximum Gasteiger partial charge on any atom is 0.269 e. The van der Waals surface area contributed by atoms with Crippen LogP contribution in [-0.4, -0.2) is 14.9 Å². The van der Waals surface area contributed by atoms with Crippen molar-refractivity contribution in [1.29, 1.82) is 0 Å². The molecule has 0 unspecified atom stereocenters. The van der Waals surface area contributed by atoms with Crippen molar-refractivity contribution in [2.24, 2.45) is 0 Å². The summed E-state index contributed by atoms with van der Waals surface area (Å²) in [4.78, 5) is 17.7. The van der Waals surface area contributed by atoms with Crippen LogP contribution in [0.25, 0.3) is 22.4 Å². The summed E-state index contributed by atoms with van der Waals surface area (Å²) in [5.74, 6) is 0.605. The number of fused-ring (bicyclic) bond motifs is 1. The number of H-pyrrole nitrogens is 1. The molecule has 0 saturated carbocycles. The second-order valence-corrected chi connectivity index (χ2v) is 4.99. The van der Waals surface area contributed by atoms with Crippen molar-refractivity contribution in [2.75, 3.05) is 0 Å². The van der Waals surface area contributed by atoms with Crippen molar-refractivity contribution in [1.82, 2.24) is 9.97 Å². The molecule has 0 saturated heterocycles. The number of rotatable bonds is 2. The molecule has 0 aliphatic carbocycles. The van der Waals surface area contributed by atoms with Crippen molar-refractivity contribution >= 4 is 39.9 Å². The Balaban J connectivity index is 0.00000161. The predicted molar refractivity (Wildman–Crippen MR) is 84.9 cm³/mol. The lowest BCUT2D eigenvalue weighted by Crippen LogP contribution is -1.87. The summed E-state index contributed by atoms with van der Waals surface area (Å²) in [6.07, 6.45) is 0. The van der Waals surface area contributed by atoms with E-state index in [0.717, 1.165) is 11.1 Å². The minimum Gasteiger partial charge on any atom is -0.338 e. The zero-order chi connectivity index (χ0) is 14.3. The average molecular weight is 324 g/mol. The Kier molecular flexibility index (Phi) is 4.16. The third kappa shape index (κ3) is 2.84. The molecule has 7 heteroatoms. The van der Waals surface area contributed by atoms with E-state index in [1.54, 1.807) is 24.3 Å². The van der Waals surface area contributed by atoms with Gasteiger partial charge in [0.1, 0.15) is 5.82 Å². The largest absolute Gasteiger partial charge is 0.338 e. The molecule has 1 N–H and O–H groups in total. The van der Waals surface area contributed by atoms with Gasteiger partial charge in [-0.3, -0.25) is 10.1 Å². The third-order valence-corrected chi connectivity index (χ3v) is 3.60. The van der Waals surface area contributed by atoms with Crippen molar-refractivity contribution in [3.63, 3.8) is 0 Å². The van der Waals surface area contributed by atoms with Crippen LogP contribution in [0, 0.1) is 10.1 Å². The highest BCUT2D eigenvalue weighted by molar-refractivity contribution is 6.42. The first-order chi connectivity index (χ1) is 9.54. The molecule has 0 aliphatic heterocycles. The molecule has 0 amide bonds. The minimum atomic E-state index is -0.442.